The molecule has 12 nitrogen and oxygen atoms in total. The normalized spacial score (nSPS) is 14.5. The Bertz CT molecular complexity index is 1320. The van der Waals surface area contributed by atoms with E-state index in [0.717, 1.165) is 50.4 Å². The summed E-state index contributed by atoms with van der Waals surface area (Å²) in [5.74, 6) is 0.792. The van der Waals surface area contributed by atoms with Gasteiger partial charge in [0, 0.05) is 0 Å². The molecule has 0 aliphatic carbocycles. The van der Waals surface area contributed by atoms with Gasteiger partial charge in [0.1, 0.15) is 55.4 Å². The number of nitrogens with zero attached hydrogens (tertiary/aromatic N) is 4. The SMILES string of the molecule is O=C(Nc1[nH]c2ccccc2[n+]1CC[NH+]1CCOCC1)c1ccc(Cn2cc([N+](=O)[O-])cn2)o1. The molecule has 0 spiro atoms. The number of aromatic amines is 1. The lowest BCUT2D eigenvalue weighted by molar-refractivity contribution is -0.923. The van der Waals surface area contributed by atoms with Crippen LogP contribution in [0.4, 0.5) is 11.6 Å². The van der Waals surface area contributed by atoms with E-state index in [1.165, 1.54) is 22.0 Å². The molecule has 0 radical (unpaired) electrons. The predicted octanol–water partition coefficient (Wildman–Crippen LogP) is 0.369. The molecule has 5 rings (SSSR count). The number of anilines is 1. The molecule has 0 unspecified atom stereocenters. The van der Waals surface area contributed by atoms with Gasteiger partial charge in [-0.2, -0.15) is 5.10 Å². The average molecular weight is 467 g/mol. The number of H-pyrrole nitrogens is 1. The third-order valence-corrected chi connectivity index (χ3v) is 5.87. The topological polar surface area (TPSA) is 137 Å². The van der Waals surface area contributed by atoms with Gasteiger partial charge in [-0.3, -0.25) is 14.8 Å². The molecule has 1 aliphatic heterocycles. The number of hydrogen-bond donors (Lipinski definition) is 3. The highest BCUT2D eigenvalue weighted by Gasteiger charge is 2.24. The Morgan fingerprint density at radius 1 is 1.26 bits per heavy atom. The van der Waals surface area contributed by atoms with E-state index in [1.54, 1.807) is 12.1 Å². The van der Waals surface area contributed by atoms with Gasteiger partial charge in [0.2, 0.25) is 5.76 Å². The van der Waals surface area contributed by atoms with Crippen molar-refractivity contribution in [2.75, 3.05) is 38.2 Å². The number of nitro groups is 1. The number of carbonyl (C=O) groups is 1. The maximum absolute atomic E-state index is 12.9. The molecule has 4 heterocycles. The Balaban J connectivity index is 1.30. The molecular weight excluding hydrogens is 442 g/mol. The van der Waals surface area contributed by atoms with Crippen LogP contribution in [-0.2, 0) is 17.8 Å². The summed E-state index contributed by atoms with van der Waals surface area (Å²) in [5.41, 5.74) is 1.83. The molecule has 3 N–H and O–H groups in total. The standard InChI is InChI=1S/C22H23N7O5/c30-21(20-6-5-17(34-20)15-27-14-16(13-23-27)29(31)32)25-22-24-18-3-1-2-4-19(18)28(22)8-7-26-9-11-33-12-10-26/h1-6,13-14H,7-12,15H2,(H,24,25,30)/p+2. The fraction of sp³-hybridized carbons (Fsp3) is 0.318. The number of ether oxygens (including phenoxy) is 1. The number of furan rings is 1. The molecule has 0 saturated carbocycles. The largest absolute Gasteiger partial charge is 0.452 e. The van der Waals surface area contributed by atoms with Crippen molar-refractivity contribution in [2.24, 2.45) is 0 Å². The first-order valence-corrected chi connectivity index (χ1v) is 11.1. The number of benzene rings is 1. The van der Waals surface area contributed by atoms with Gasteiger partial charge >= 0.3 is 17.5 Å². The summed E-state index contributed by atoms with van der Waals surface area (Å²) in [5, 5.41) is 17.7. The highest BCUT2D eigenvalue weighted by atomic mass is 16.6. The van der Waals surface area contributed by atoms with E-state index in [0.29, 0.717) is 11.7 Å². The summed E-state index contributed by atoms with van der Waals surface area (Å²) in [6.07, 6.45) is 2.48. The van der Waals surface area contributed by atoms with Crippen molar-refractivity contribution in [1.82, 2.24) is 14.8 Å². The van der Waals surface area contributed by atoms with Crippen molar-refractivity contribution in [3.8, 4) is 0 Å². The van der Waals surface area contributed by atoms with Crippen molar-refractivity contribution >= 4 is 28.6 Å². The first kappa shape index (κ1) is 21.8. The van der Waals surface area contributed by atoms with Crippen LogP contribution in [0.1, 0.15) is 16.3 Å². The third kappa shape index (κ3) is 4.67. The molecule has 0 atom stereocenters. The highest BCUT2D eigenvalue weighted by molar-refractivity contribution is 6.01. The molecule has 3 aromatic heterocycles. The zero-order valence-electron chi connectivity index (χ0n) is 18.4. The van der Waals surface area contributed by atoms with Crippen molar-refractivity contribution in [3.63, 3.8) is 0 Å². The summed E-state index contributed by atoms with van der Waals surface area (Å²) in [6, 6.07) is 11.1. The Hall–Kier alpha value is -4.03. The summed E-state index contributed by atoms with van der Waals surface area (Å²) < 4.78 is 14.6. The average Bonchev–Trinajstić information content (AvgIpc) is 3.58. The maximum atomic E-state index is 12.9. The molecule has 34 heavy (non-hydrogen) atoms. The van der Waals surface area contributed by atoms with E-state index in [1.807, 2.05) is 24.3 Å². The number of rotatable bonds is 8. The number of morpholine rings is 1. The highest BCUT2D eigenvalue weighted by Crippen LogP contribution is 2.16. The van der Waals surface area contributed by atoms with Gasteiger partial charge in [0.25, 0.3) is 0 Å². The van der Waals surface area contributed by atoms with E-state index < -0.39 is 10.8 Å². The Morgan fingerprint density at radius 2 is 2.09 bits per heavy atom. The molecule has 1 aromatic carbocycles. The quantitative estimate of drug-likeness (QED) is 0.195. The number of carbonyl (C=O) groups excluding carboxylic acids is 1. The third-order valence-electron chi connectivity index (χ3n) is 5.87. The zero-order valence-corrected chi connectivity index (χ0v) is 18.4. The van der Waals surface area contributed by atoms with Crippen molar-refractivity contribution in [3.05, 3.63) is 70.4 Å². The molecule has 1 saturated heterocycles. The van der Waals surface area contributed by atoms with E-state index >= 15 is 0 Å². The van der Waals surface area contributed by atoms with Crippen LogP contribution in [0.15, 0.2) is 53.2 Å². The van der Waals surface area contributed by atoms with Gasteiger partial charge in [0.15, 0.2) is 0 Å². The van der Waals surface area contributed by atoms with Gasteiger partial charge in [-0.05, 0) is 24.3 Å². The molecule has 12 heteroatoms. The fourth-order valence-corrected chi connectivity index (χ4v) is 4.09. The van der Waals surface area contributed by atoms with Crippen LogP contribution in [-0.4, -0.2) is 58.4 Å². The van der Waals surface area contributed by atoms with E-state index in [4.69, 9.17) is 9.15 Å². The molecule has 176 valence electrons. The van der Waals surface area contributed by atoms with Gasteiger partial charge in [0.05, 0.1) is 24.7 Å². The second-order valence-corrected chi connectivity index (χ2v) is 8.13. The molecule has 0 bridgehead atoms. The minimum Gasteiger partial charge on any atom is -0.452 e. The van der Waals surface area contributed by atoms with Gasteiger partial charge in [-0.25, -0.2) is 19.7 Å². The Labute approximate surface area is 193 Å². The van der Waals surface area contributed by atoms with Crippen LogP contribution in [0.2, 0.25) is 0 Å². The van der Waals surface area contributed by atoms with Crippen molar-refractivity contribution in [2.45, 2.75) is 13.1 Å². The molecular formula is C22H25N7O5+2. The lowest BCUT2D eigenvalue weighted by atomic mass is 10.3. The lowest BCUT2D eigenvalue weighted by Crippen LogP contribution is -3.14. The monoisotopic (exact) mass is 467 g/mol. The number of quaternary nitrogens is 1. The predicted molar refractivity (Wildman–Crippen MR) is 120 cm³/mol. The first-order chi connectivity index (χ1) is 16.6. The number of imidazole rings is 1. The molecule has 1 amide bonds. The Kier molecular flexibility index (Phi) is 6.06. The summed E-state index contributed by atoms with van der Waals surface area (Å²) in [6.45, 7) is 5.30. The Morgan fingerprint density at radius 3 is 2.88 bits per heavy atom. The summed E-state index contributed by atoms with van der Waals surface area (Å²) >= 11 is 0. The first-order valence-electron chi connectivity index (χ1n) is 11.1. The van der Waals surface area contributed by atoms with E-state index in [9.17, 15) is 14.9 Å². The van der Waals surface area contributed by atoms with E-state index in [-0.39, 0.29) is 18.0 Å². The van der Waals surface area contributed by atoms with Crippen molar-refractivity contribution < 1.29 is 28.3 Å². The number of nitrogens with one attached hydrogen (secondary N) is 3. The lowest BCUT2D eigenvalue weighted by Gasteiger charge is -2.23. The van der Waals surface area contributed by atoms with Crippen LogP contribution in [0, 0.1) is 10.1 Å². The van der Waals surface area contributed by atoms with Crippen molar-refractivity contribution in [1.29, 1.82) is 0 Å². The van der Waals surface area contributed by atoms with E-state index in [2.05, 4.69) is 20.0 Å². The maximum Gasteiger partial charge on any atom is 0.363 e. The fourth-order valence-electron chi connectivity index (χ4n) is 4.09. The second-order valence-electron chi connectivity index (χ2n) is 8.13. The van der Waals surface area contributed by atoms with Crippen LogP contribution in [0.25, 0.3) is 11.0 Å². The van der Waals surface area contributed by atoms with Gasteiger partial charge < -0.3 is 14.1 Å². The van der Waals surface area contributed by atoms with Gasteiger partial charge in [-0.1, -0.05) is 12.1 Å². The minimum atomic E-state index is -0.513. The number of para-hydroxylation sites is 2. The summed E-state index contributed by atoms with van der Waals surface area (Å²) in [7, 11) is 0. The molecule has 1 aliphatic rings. The molecule has 4 aromatic rings. The number of aromatic nitrogens is 4. The number of amides is 1. The van der Waals surface area contributed by atoms with Crippen LogP contribution in [0.3, 0.4) is 0 Å². The van der Waals surface area contributed by atoms with Crippen LogP contribution >= 0.6 is 0 Å². The molecule has 1 fully saturated rings. The van der Waals surface area contributed by atoms with Gasteiger partial charge in [-0.15, -0.1) is 0 Å². The number of fused-ring (bicyclic) bond motifs is 1. The zero-order chi connectivity index (χ0) is 23.5. The second kappa shape index (κ2) is 9.45. The van der Waals surface area contributed by atoms with Crippen LogP contribution in [0.5, 0.6) is 0 Å². The minimum absolute atomic E-state index is 0.105. The smallest absolute Gasteiger partial charge is 0.363 e. The summed E-state index contributed by atoms with van der Waals surface area (Å²) in [4.78, 5) is 28.0. The van der Waals surface area contributed by atoms with Crippen LogP contribution < -0.4 is 14.8 Å². The number of hydrogen-bond acceptors (Lipinski definition) is 6.